The first-order valence-electron chi connectivity index (χ1n) is 8.46. The molecule has 2 aromatic carbocycles. The summed E-state index contributed by atoms with van der Waals surface area (Å²) in [7, 11) is -1.02. The molecule has 7 nitrogen and oxygen atoms in total. The van der Waals surface area contributed by atoms with Gasteiger partial charge in [0.15, 0.2) is 11.5 Å². The normalized spacial score (nSPS) is 12.0. The summed E-state index contributed by atoms with van der Waals surface area (Å²) in [5.41, 5.74) is 8.98. The number of primary amides is 1. The van der Waals surface area contributed by atoms with E-state index >= 15 is 0 Å². The van der Waals surface area contributed by atoms with Gasteiger partial charge in [-0.25, -0.2) is 9.97 Å². The molecular formula is C20H17N5O2S. The average molecular weight is 391 g/mol. The van der Waals surface area contributed by atoms with Gasteiger partial charge in [0.1, 0.15) is 0 Å². The van der Waals surface area contributed by atoms with Crippen LogP contribution in [-0.2, 0) is 10.8 Å². The minimum absolute atomic E-state index is 0.452. The fourth-order valence-electron chi connectivity index (χ4n) is 2.89. The van der Waals surface area contributed by atoms with Gasteiger partial charge in [0, 0.05) is 51.2 Å². The number of nitrogens with one attached hydrogen (secondary N) is 1. The van der Waals surface area contributed by atoms with Gasteiger partial charge >= 0.3 is 0 Å². The molecule has 1 unspecified atom stereocenters. The van der Waals surface area contributed by atoms with Crippen molar-refractivity contribution in [3.05, 3.63) is 72.7 Å². The van der Waals surface area contributed by atoms with Crippen LogP contribution in [-0.4, -0.2) is 30.7 Å². The van der Waals surface area contributed by atoms with Gasteiger partial charge in [0.05, 0.1) is 11.9 Å². The van der Waals surface area contributed by atoms with E-state index in [1.54, 1.807) is 30.8 Å². The Morgan fingerprint density at radius 3 is 2.43 bits per heavy atom. The lowest BCUT2D eigenvalue weighted by molar-refractivity contribution is 0.100. The maximum absolute atomic E-state index is 11.5. The first-order valence-corrected chi connectivity index (χ1v) is 10.0. The number of nitrogens with two attached hydrogens (primary N) is 1. The highest BCUT2D eigenvalue weighted by molar-refractivity contribution is 7.84. The molecule has 0 aliphatic rings. The van der Waals surface area contributed by atoms with Crippen LogP contribution in [0.5, 0.6) is 0 Å². The van der Waals surface area contributed by atoms with E-state index in [2.05, 4.69) is 15.3 Å². The van der Waals surface area contributed by atoms with Crippen molar-refractivity contribution in [3.63, 3.8) is 0 Å². The van der Waals surface area contributed by atoms with Crippen molar-refractivity contribution in [2.24, 2.45) is 5.73 Å². The van der Waals surface area contributed by atoms with E-state index in [1.165, 1.54) is 0 Å². The third kappa shape index (κ3) is 3.37. The molecule has 0 radical (unpaired) electrons. The highest BCUT2D eigenvalue weighted by Crippen LogP contribution is 2.25. The van der Waals surface area contributed by atoms with Gasteiger partial charge in [0.2, 0.25) is 5.91 Å². The van der Waals surface area contributed by atoms with Crippen LogP contribution >= 0.6 is 0 Å². The number of anilines is 2. The Bertz CT molecular complexity index is 1180. The quantitative estimate of drug-likeness (QED) is 0.544. The zero-order chi connectivity index (χ0) is 19.7. The number of amides is 1. The highest BCUT2D eigenvalue weighted by atomic mass is 32.2. The van der Waals surface area contributed by atoms with E-state index in [4.69, 9.17) is 5.73 Å². The lowest BCUT2D eigenvalue weighted by Crippen LogP contribution is -2.10. The number of carbonyl (C=O) groups is 1. The number of rotatable bonds is 5. The van der Waals surface area contributed by atoms with Crippen LogP contribution < -0.4 is 11.1 Å². The second-order valence-corrected chi connectivity index (χ2v) is 7.54. The summed E-state index contributed by atoms with van der Waals surface area (Å²) in [5.74, 6) is 0.141. The predicted molar refractivity (Wildman–Crippen MR) is 109 cm³/mol. The lowest BCUT2D eigenvalue weighted by Gasteiger charge is -2.11. The highest BCUT2D eigenvalue weighted by Gasteiger charge is 2.11. The largest absolute Gasteiger partial charge is 0.366 e. The summed E-state index contributed by atoms with van der Waals surface area (Å²) < 4.78 is 13.4. The first-order chi connectivity index (χ1) is 13.5. The molecule has 0 fully saturated rings. The van der Waals surface area contributed by atoms with Crippen molar-refractivity contribution in [1.82, 2.24) is 14.4 Å². The second kappa shape index (κ2) is 7.24. The summed E-state index contributed by atoms with van der Waals surface area (Å²) >= 11 is 0. The Morgan fingerprint density at radius 1 is 1.07 bits per heavy atom. The maximum atomic E-state index is 11.5. The molecule has 3 N–H and O–H groups in total. The monoisotopic (exact) mass is 391 g/mol. The number of fused-ring (bicyclic) bond motifs is 1. The van der Waals surface area contributed by atoms with Crippen molar-refractivity contribution < 1.29 is 9.00 Å². The molecule has 0 bridgehead atoms. The van der Waals surface area contributed by atoms with Crippen LogP contribution in [0, 0.1) is 0 Å². The molecule has 4 rings (SSSR count). The van der Waals surface area contributed by atoms with Gasteiger partial charge in [-0.3, -0.25) is 13.4 Å². The van der Waals surface area contributed by atoms with Crippen molar-refractivity contribution in [3.8, 4) is 11.3 Å². The molecule has 28 heavy (non-hydrogen) atoms. The fraction of sp³-hybridized carbons (Fsp3) is 0.0500. The summed E-state index contributed by atoms with van der Waals surface area (Å²) in [5, 5.41) is 3.25. The van der Waals surface area contributed by atoms with Gasteiger partial charge in [-0.05, 0) is 36.4 Å². The number of aromatic nitrogens is 3. The molecular weight excluding hydrogens is 374 g/mol. The molecule has 0 aliphatic heterocycles. The smallest absolute Gasteiger partial charge is 0.248 e. The molecule has 4 aromatic rings. The minimum atomic E-state index is -1.02. The van der Waals surface area contributed by atoms with E-state index in [0.717, 1.165) is 21.8 Å². The van der Waals surface area contributed by atoms with E-state index in [9.17, 15) is 9.00 Å². The summed E-state index contributed by atoms with van der Waals surface area (Å²) in [6.07, 6.45) is 6.94. The van der Waals surface area contributed by atoms with E-state index in [0.29, 0.717) is 17.0 Å². The van der Waals surface area contributed by atoms with Gasteiger partial charge in [-0.1, -0.05) is 12.1 Å². The topological polar surface area (TPSA) is 102 Å². The van der Waals surface area contributed by atoms with Crippen molar-refractivity contribution >= 4 is 33.9 Å². The predicted octanol–water partition coefficient (Wildman–Crippen LogP) is 2.98. The molecule has 8 heteroatoms. The number of benzene rings is 2. The van der Waals surface area contributed by atoms with Crippen LogP contribution in [0.1, 0.15) is 10.4 Å². The van der Waals surface area contributed by atoms with Crippen LogP contribution in [0.3, 0.4) is 0 Å². The summed E-state index contributed by atoms with van der Waals surface area (Å²) in [4.78, 5) is 21.0. The Morgan fingerprint density at radius 2 is 1.79 bits per heavy atom. The molecule has 1 amide bonds. The van der Waals surface area contributed by atoms with Gasteiger partial charge in [-0.15, -0.1) is 0 Å². The molecule has 2 heterocycles. The van der Waals surface area contributed by atoms with Crippen LogP contribution in [0.2, 0.25) is 0 Å². The van der Waals surface area contributed by atoms with Crippen LogP contribution in [0.15, 0.2) is 72.0 Å². The van der Waals surface area contributed by atoms with Gasteiger partial charge in [-0.2, -0.15) is 0 Å². The second-order valence-electron chi connectivity index (χ2n) is 6.16. The van der Waals surface area contributed by atoms with Gasteiger partial charge in [0.25, 0.3) is 0 Å². The number of hydrogen-bond donors (Lipinski definition) is 2. The fourth-order valence-corrected chi connectivity index (χ4v) is 3.41. The number of imidazole rings is 1. The molecule has 0 spiro atoms. The van der Waals surface area contributed by atoms with Crippen LogP contribution in [0.4, 0.5) is 11.5 Å². The Hall–Kier alpha value is -3.52. The number of hydrogen-bond acceptors (Lipinski definition) is 5. The first kappa shape index (κ1) is 17.9. The minimum Gasteiger partial charge on any atom is -0.366 e. The van der Waals surface area contributed by atoms with Crippen molar-refractivity contribution in [2.75, 3.05) is 11.6 Å². The SMILES string of the molecule is CS(=O)c1ccc(Nc2ncc(-c3ccc(C(N)=O)cc3)n3ccnc23)cc1. The standard InChI is InChI=1S/C20H17N5O2S/c1-28(27)16-8-6-15(7-9-16)24-19-20-22-10-11-25(20)17(12-23-19)13-2-4-14(5-3-13)18(21)26/h2-12H,1H3,(H2,21,26)(H,23,24). The van der Waals surface area contributed by atoms with Crippen LogP contribution in [0.25, 0.3) is 16.9 Å². The van der Waals surface area contributed by atoms with Gasteiger partial charge < -0.3 is 11.1 Å². The molecule has 0 aliphatic carbocycles. The summed E-state index contributed by atoms with van der Waals surface area (Å²) in [6.45, 7) is 0. The Labute approximate surface area is 163 Å². The third-order valence-corrected chi connectivity index (χ3v) is 5.28. The zero-order valence-corrected chi connectivity index (χ0v) is 15.8. The molecule has 140 valence electrons. The Kier molecular flexibility index (Phi) is 4.62. The average Bonchev–Trinajstić information content (AvgIpc) is 3.19. The lowest BCUT2D eigenvalue weighted by atomic mass is 10.1. The maximum Gasteiger partial charge on any atom is 0.248 e. The van der Waals surface area contributed by atoms with E-state index < -0.39 is 16.7 Å². The molecule has 0 saturated heterocycles. The molecule has 2 aromatic heterocycles. The zero-order valence-electron chi connectivity index (χ0n) is 15.0. The number of nitrogens with zero attached hydrogens (tertiary/aromatic N) is 3. The third-order valence-electron chi connectivity index (χ3n) is 4.34. The summed E-state index contributed by atoms with van der Waals surface area (Å²) in [6, 6.07) is 14.4. The van der Waals surface area contributed by atoms with Crippen molar-refractivity contribution in [2.45, 2.75) is 4.90 Å². The molecule has 1 atom stereocenters. The van der Waals surface area contributed by atoms with Crippen molar-refractivity contribution in [1.29, 1.82) is 0 Å². The van der Waals surface area contributed by atoms with E-state index in [-0.39, 0.29) is 0 Å². The van der Waals surface area contributed by atoms with E-state index in [1.807, 2.05) is 47.0 Å². The Balaban J connectivity index is 1.69. The molecule has 0 saturated carbocycles. The number of carbonyl (C=O) groups excluding carboxylic acids is 1.